The van der Waals surface area contributed by atoms with Crippen molar-refractivity contribution in [2.45, 2.75) is 406 Å². The highest BCUT2D eigenvalue weighted by atomic mass is 31.2. The largest absolute Gasteiger partial charge is 0.472 e. The summed E-state index contributed by atoms with van der Waals surface area (Å²) in [5.74, 6) is -2.13. The first kappa shape index (κ1) is 90.1. The minimum Gasteiger partial charge on any atom is -0.462 e. The predicted molar refractivity (Wildman–Crippen MR) is 372 cm³/mol. The van der Waals surface area contributed by atoms with Crippen molar-refractivity contribution in [2.75, 3.05) is 39.6 Å². The minimum absolute atomic E-state index is 0.106. The fourth-order valence-corrected chi connectivity index (χ4v) is 12.8. The second kappa shape index (κ2) is 67.6. The molecule has 0 fully saturated rings. The van der Waals surface area contributed by atoms with E-state index in [0.29, 0.717) is 25.7 Å². The van der Waals surface area contributed by atoms with Gasteiger partial charge in [0.2, 0.25) is 0 Å². The van der Waals surface area contributed by atoms with E-state index < -0.39 is 97.5 Å². The van der Waals surface area contributed by atoms with Crippen molar-refractivity contribution >= 4 is 39.5 Å². The molecule has 0 aliphatic heterocycles. The summed E-state index contributed by atoms with van der Waals surface area (Å²) in [7, 11) is -9.89. The Morgan fingerprint density at radius 2 is 0.435 bits per heavy atom. The molecule has 0 aliphatic rings. The van der Waals surface area contributed by atoms with Gasteiger partial charge < -0.3 is 33.8 Å². The van der Waals surface area contributed by atoms with Crippen LogP contribution in [-0.4, -0.2) is 96.7 Å². The van der Waals surface area contributed by atoms with Gasteiger partial charge >= 0.3 is 39.5 Å². The van der Waals surface area contributed by atoms with Crippen LogP contribution >= 0.6 is 15.6 Å². The average molecular weight is 1350 g/mol. The predicted octanol–water partition coefficient (Wildman–Crippen LogP) is 21.4. The van der Waals surface area contributed by atoms with Crippen LogP contribution < -0.4 is 0 Å². The molecule has 0 amide bonds. The SMILES string of the molecule is CCCCCCCCCCCCCCCCCCCCCC(=O)O[C@H](COC(=O)CCCCCCCCCCCCCCCCCCCC)COP(=O)(O)OC[C@@H](O)COP(=O)(O)OC[C@@H](COC(=O)CCCCCCC)OC(=O)CCCCCCCCCCCC. The number of aliphatic hydroxyl groups is 1. The van der Waals surface area contributed by atoms with E-state index in [0.717, 1.165) is 96.3 Å². The molecule has 0 bridgehead atoms. The van der Waals surface area contributed by atoms with Crippen LogP contribution in [0.15, 0.2) is 0 Å². The molecule has 0 radical (unpaired) electrons. The number of ether oxygens (including phenoxy) is 4. The smallest absolute Gasteiger partial charge is 0.462 e. The zero-order chi connectivity index (χ0) is 67.5. The van der Waals surface area contributed by atoms with Gasteiger partial charge in [0.25, 0.3) is 0 Å². The summed E-state index contributed by atoms with van der Waals surface area (Å²) in [5, 5.41) is 10.6. The van der Waals surface area contributed by atoms with Gasteiger partial charge in [-0.2, -0.15) is 0 Å². The lowest BCUT2D eigenvalue weighted by Crippen LogP contribution is -2.30. The normalized spacial score (nSPS) is 13.9. The molecular formula is C73H142O17P2. The zero-order valence-corrected chi connectivity index (χ0v) is 61.3. The molecule has 0 heterocycles. The molecule has 92 heavy (non-hydrogen) atoms. The Balaban J connectivity index is 5.12. The highest BCUT2D eigenvalue weighted by Gasteiger charge is 2.30. The number of hydrogen-bond donors (Lipinski definition) is 3. The highest BCUT2D eigenvalue weighted by Crippen LogP contribution is 2.45. The maximum absolute atomic E-state index is 13.1. The van der Waals surface area contributed by atoms with Crippen molar-refractivity contribution in [1.29, 1.82) is 0 Å². The summed E-state index contributed by atoms with van der Waals surface area (Å²) in [6, 6.07) is 0. The lowest BCUT2D eigenvalue weighted by molar-refractivity contribution is -0.161. The summed E-state index contributed by atoms with van der Waals surface area (Å²) in [6.07, 6.45) is 57.4. The molecule has 0 saturated heterocycles. The first-order valence-corrected chi connectivity index (χ1v) is 41.3. The highest BCUT2D eigenvalue weighted by molar-refractivity contribution is 7.47. The van der Waals surface area contributed by atoms with Crippen molar-refractivity contribution in [1.82, 2.24) is 0 Å². The topological polar surface area (TPSA) is 237 Å². The van der Waals surface area contributed by atoms with E-state index in [1.165, 1.54) is 212 Å². The Morgan fingerprint density at radius 3 is 0.641 bits per heavy atom. The van der Waals surface area contributed by atoms with E-state index in [2.05, 4.69) is 27.7 Å². The summed E-state index contributed by atoms with van der Waals surface area (Å²) in [4.78, 5) is 72.3. The molecular weight excluding hydrogens is 1210 g/mol. The summed E-state index contributed by atoms with van der Waals surface area (Å²) < 4.78 is 68.1. The van der Waals surface area contributed by atoms with Gasteiger partial charge in [0, 0.05) is 25.7 Å². The Kier molecular flexibility index (Phi) is 66.2. The van der Waals surface area contributed by atoms with Gasteiger partial charge in [-0.25, -0.2) is 9.13 Å². The number of carbonyl (C=O) groups is 4. The van der Waals surface area contributed by atoms with E-state index in [9.17, 15) is 43.2 Å². The van der Waals surface area contributed by atoms with Crippen LogP contribution in [0.3, 0.4) is 0 Å². The van der Waals surface area contributed by atoms with Crippen molar-refractivity contribution in [3.05, 3.63) is 0 Å². The second-order valence-electron chi connectivity index (χ2n) is 26.3. The Labute approximate surface area is 562 Å². The molecule has 0 aromatic carbocycles. The molecule has 0 aliphatic carbocycles. The average Bonchev–Trinajstić information content (AvgIpc) is 1.78. The van der Waals surface area contributed by atoms with Crippen LogP contribution in [0.1, 0.15) is 387 Å². The fourth-order valence-electron chi connectivity index (χ4n) is 11.2. The van der Waals surface area contributed by atoms with Gasteiger partial charge in [0.15, 0.2) is 12.2 Å². The molecule has 19 heteroatoms. The first-order valence-electron chi connectivity index (χ1n) is 38.3. The van der Waals surface area contributed by atoms with Crippen molar-refractivity contribution < 1.29 is 80.2 Å². The lowest BCUT2D eigenvalue weighted by atomic mass is 10.0. The van der Waals surface area contributed by atoms with Crippen LogP contribution in [0.2, 0.25) is 0 Å². The van der Waals surface area contributed by atoms with Gasteiger partial charge in [0.1, 0.15) is 19.3 Å². The Bertz CT molecular complexity index is 1760. The lowest BCUT2D eigenvalue weighted by Gasteiger charge is -2.21. The summed E-state index contributed by atoms with van der Waals surface area (Å²) in [5.41, 5.74) is 0. The molecule has 2 unspecified atom stereocenters. The van der Waals surface area contributed by atoms with Crippen molar-refractivity contribution in [3.63, 3.8) is 0 Å². The van der Waals surface area contributed by atoms with Crippen LogP contribution in [0.5, 0.6) is 0 Å². The molecule has 17 nitrogen and oxygen atoms in total. The molecule has 5 atom stereocenters. The number of phosphoric acid groups is 2. The Morgan fingerprint density at radius 1 is 0.261 bits per heavy atom. The molecule has 0 rings (SSSR count). The van der Waals surface area contributed by atoms with Gasteiger partial charge in [-0.1, -0.05) is 336 Å². The van der Waals surface area contributed by atoms with Crippen molar-refractivity contribution in [3.8, 4) is 0 Å². The number of hydrogen-bond acceptors (Lipinski definition) is 15. The summed E-state index contributed by atoms with van der Waals surface area (Å²) >= 11 is 0. The quantitative estimate of drug-likeness (QED) is 0.0222. The number of aliphatic hydroxyl groups excluding tert-OH is 1. The molecule has 0 saturated carbocycles. The zero-order valence-electron chi connectivity index (χ0n) is 59.5. The molecule has 0 aromatic heterocycles. The fraction of sp³-hybridized carbons (Fsp3) is 0.945. The third-order valence-corrected chi connectivity index (χ3v) is 19.0. The van der Waals surface area contributed by atoms with Crippen LogP contribution in [0.25, 0.3) is 0 Å². The third-order valence-electron chi connectivity index (χ3n) is 17.1. The van der Waals surface area contributed by atoms with E-state index in [1.807, 2.05) is 0 Å². The van der Waals surface area contributed by atoms with Crippen LogP contribution in [0.4, 0.5) is 0 Å². The molecule has 3 N–H and O–H groups in total. The van der Waals surface area contributed by atoms with Crippen LogP contribution in [0, 0.1) is 0 Å². The third kappa shape index (κ3) is 66.7. The molecule has 0 aromatic rings. The van der Waals surface area contributed by atoms with Crippen LogP contribution in [-0.2, 0) is 65.4 Å². The van der Waals surface area contributed by atoms with E-state index in [1.54, 1.807) is 0 Å². The number of unbranched alkanes of at least 4 members (excludes halogenated alkanes) is 48. The monoisotopic (exact) mass is 1350 g/mol. The number of rotatable bonds is 74. The van der Waals surface area contributed by atoms with Gasteiger partial charge in [-0.3, -0.25) is 37.3 Å². The first-order chi connectivity index (χ1) is 44.7. The number of esters is 4. The summed E-state index contributed by atoms with van der Waals surface area (Å²) in [6.45, 7) is 4.87. The Hall–Kier alpha value is -1.94. The second-order valence-corrected chi connectivity index (χ2v) is 29.2. The van der Waals surface area contributed by atoms with Gasteiger partial charge in [-0.05, 0) is 25.7 Å². The van der Waals surface area contributed by atoms with Gasteiger partial charge in [-0.15, -0.1) is 0 Å². The maximum atomic E-state index is 13.1. The van der Waals surface area contributed by atoms with E-state index in [-0.39, 0.29) is 25.7 Å². The number of carbonyl (C=O) groups excluding carboxylic acids is 4. The van der Waals surface area contributed by atoms with E-state index >= 15 is 0 Å². The molecule has 0 spiro atoms. The van der Waals surface area contributed by atoms with Crippen molar-refractivity contribution in [2.24, 2.45) is 0 Å². The minimum atomic E-state index is -4.95. The van der Waals surface area contributed by atoms with Gasteiger partial charge in [0.05, 0.1) is 26.4 Å². The van der Waals surface area contributed by atoms with E-state index in [4.69, 9.17) is 37.0 Å². The molecule has 546 valence electrons. The standard InChI is InChI=1S/C73H142O17P2/c1-5-9-13-17-20-23-26-28-30-32-34-36-38-40-42-45-48-52-56-60-73(78)90-69(64-84-71(76)58-54-50-46-44-41-39-37-35-33-31-29-27-24-21-18-14-10-6-2)66-88-92(81,82)86-62-67(74)61-85-91(79,80)87-65-68(63-83-70(75)57-53-49-16-12-8-4)89-72(77)59-55-51-47-43-25-22-19-15-11-7-3/h67-69,74H,5-66H2,1-4H3,(H,79,80)(H,81,82)/t67-,68+,69+/m0/s1. The number of phosphoric ester groups is 2. The maximum Gasteiger partial charge on any atom is 0.472 e.